The van der Waals surface area contributed by atoms with Gasteiger partial charge >= 0.3 is 0 Å². The molecule has 6 heterocycles. The molecule has 0 aliphatic rings. The number of nitrogens with two attached hydrogens (primary N) is 1. The van der Waals surface area contributed by atoms with Crippen LogP contribution in [0.2, 0.25) is 5.28 Å². The van der Waals surface area contributed by atoms with E-state index in [0.717, 1.165) is 74.7 Å². The van der Waals surface area contributed by atoms with E-state index in [1.165, 1.54) is 16.2 Å². The Hall–Kier alpha value is -7.19. The van der Waals surface area contributed by atoms with Gasteiger partial charge in [0.2, 0.25) is 11.2 Å². The number of rotatable bonds is 9. The van der Waals surface area contributed by atoms with Crippen molar-refractivity contribution in [3.63, 3.8) is 0 Å². The molecule has 14 heteroatoms. The fourth-order valence-corrected chi connectivity index (χ4v) is 7.53. The van der Waals surface area contributed by atoms with E-state index in [1.807, 2.05) is 61.7 Å². The molecule has 10 aromatic rings. The summed E-state index contributed by atoms with van der Waals surface area (Å²) in [5, 5.41) is 28.6. The molecule has 0 amide bonds. The minimum absolute atomic E-state index is 0.0608. The average molecular weight is 868 g/mol. The van der Waals surface area contributed by atoms with Gasteiger partial charge in [-0.1, -0.05) is 79.7 Å². The van der Waals surface area contributed by atoms with Crippen molar-refractivity contribution < 1.29 is 0 Å². The van der Waals surface area contributed by atoms with E-state index < -0.39 is 0 Å². The second-order valence-electron chi connectivity index (χ2n) is 16.8. The Morgan fingerprint density at radius 1 is 0.594 bits per heavy atom. The van der Waals surface area contributed by atoms with Crippen molar-refractivity contribution in [3.8, 4) is 44.8 Å². The summed E-state index contributed by atoms with van der Waals surface area (Å²) in [7, 11) is 1.90. The Balaban J connectivity index is 0.000000154. The Bertz CT molecular complexity index is 3180. The number of benzene rings is 4. The molecule has 6 aromatic heterocycles. The van der Waals surface area contributed by atoms with E-state index in [1.54, 1.807) is 41.8 Å². The Labute approximate surface area is 376 Å². The molecular formula is C50H50ClN13. The van der Waals surface area contributed by atoms with E-state index in [-0.39, 0.29) is 11.1 Å². The Morgan fingerprint density at radius 2 is 1.06 bits per heavy atom. The van der Waals surface area contributed by atoms with Crippen molar-refractivity contribution in [2.24, 2.45) is 5.73 Å². The van der Waals surface area contributed by atoms with Crippen LogP contribution < -0.4 is 16.4 Å². The summed E-state index contributed by atoms with van der Waals surface area (Å²) in [5.41, 5.74) is 14.3. The second kappa shape index (κ2) is 18.7. The molecule has 0 unspecified atom stereocenters. The van der Waals surface area contributed by atoms with Gasteiger partial charge in [0.05, 0.1) is 22.5 Å². The molecule has 10 rings (SSSR count). The first-order chi connectivity index (χ1) is 30.9. The van der Waals surface area contributed by atoms with Gasteiger partial charge < -0.3 is 16.4 Å². The maximum absolute atomic E-state index is 6.36. The average Bonchev–Trinajstić information content (AvgIpc) is 4.01. The van der Waals surface area contributed by atoms with Crippen molar-refractivity contribution in [2.75, 3.05) is 18.9 Å². The maximum atomic E-state index is 6.36. The van der Waals surface area contributed by atoms with Crippen molar-refractivity contribution in [2.45, 2.75) is 52.1 Å². The van der Waals surface area contributed by atoms with Crippen LogP contribution in [0.5, 0.6) is 0 Å². The molecule has 0 aliphatic carbocycles. The molecule has 322 valence electrons. The van der Waals surface area contributed by atoms with Crippen LogP contribution in [0, 0.1) is 0 Å². The van der Waals surface area contributed by atoms with Crippen molar-refractivity contribution in [3.05, 3.63) is 152 Å². The van der Waals surface area contributed by atoms with Gasteiger partial charge in [-0.2, -0.15) is 0 Å². The fourth-order valence-electron chi connectivity index (χ4n) is 7.32. The molecule has 4 N–H and O–H groups in total. The number of hydrogen-bond acceptors (Lipinski definition) is 11. The summed E-state index contributed by atoms with van der Waals surface area (Å²) >= 11 is 6.36. The number of fused-ring (bicyclic) bond motifs is 4. The topological polar surface area (TPSA) is 162 Å². The minimum atomic E-state index is -0.121. The fraction of sp³-hybridized carbons (Fsp3) is 0.200. The van der Waals surface area contributed by atoms with Crippen LogP contribution in [0.25, 0.3) is 77.6 Å². The Morgan fingerprint density at radius 3 is 1.53 bits per heavy atom. The molecule has 0 bridgehead atoms. The number of halogens is 1. The molecule has 0 radical (unpaired) electrons. The van der Waals surface area contributed by atoms with Gasteiger partial charge in [0.15, 0.2) is 11.3 Å². The second-order valence-corrected chi connectivity index (χ2v) is 17.1. The first-order valence-electron chi connectivity index (χ1n) is 21.1. The molecule has 13 nitrogen and oxygen atoms in total. The quantitative estimate of drug-likeness (QED) is 0.118. The summed E-state index contributed by atoms with van der Waals surface area (Å²) in [5.74, 6) is 0.725. The highest BCUT2D eigenvalue weighted by Gasteiger charge is 2.23. The molecule has 4 aromatic carbocycles. The third-order valence-corrected chi connectivity index (χ3v) is 11.1. The van der Waals surface area contributed by atoms with Crippen LogP contribution in [0.3, 0.4) is 0 Å². The lowest BCUT2D eigenvalue weighted by Crippen LogP contribution is -2.41. The minimum Gasteiger partial charge on any atom is -0.350 e. The molecule has 64 heavy (non-hydrogen) atoms. The van der Waals surface area contributed by atoms with E-state index in [0.29, 0.717) is 10.9 Å². The van der Waals surface area contributed by atoms with Gasteiger partial charge in [-0.25, -0.2) is 9.97 Å². The van der Waals surface area contributed by atoms with E-state index >= 15 is 0 Å². The third kappa shape index (κ3) is 9.57. The molecule has 0 atom stereocenters. The van der Waals surface area contributed by atoms with Gasteiger partial charge in [-0.05, 0) is 122 Å². The first-order valence-corrected chi connectivity index (χ1v) is 21.4. The third-order valence-electron chi connectivity index (χ3n) is 10.8. The molecule has 0 fully saturated rings. The SMILES string of the molecule is CCC(C)(C)Nc1nc(-c2ccncc2)c(-c2ccc3ccccc3c2)c2nncn12.CNCC(C)(C)N.Clc1nc(-c2ccncc2)c(-c2ccc3ccccc3c2)c2nncn12. The van der Waals surface area contributed by atoms with Gasteiger partial charge in [-0.3, -0.25) is 18.8 Å². The molecule has 0 aliphatic heterocycles. The van der Waals surface area contributed by atoms with Crippen LogP contribution in [0.4, 0.5) is 5.95 Å². The lowest BCUT2D eigenvalue weighted by Gasteiger charge is -2.26. The van der Waals surface area contributed by atoms with Crippen LogP contribution in [-0.2, 0) is 0 Å². The lowest BCUT2D eigenvalue weighted by molar-refractivity contribution is 0.490. The normalized spacial score (nSPS) is 11.6. The zero-order valence-corrected chi connectivity index (χ0v) is 37.5. The summed E-state index contributed by atoms with van der Waals surface area (Å²) in [6.45, 7) is 11.3. The Kier molecular flexibility index (Phi) is 12.7. The number of aromatic nitrogens is 10. The number of pyridine rings is 2. The van der Waals surface area contributed by atoms with Crippen molar-refractivity contribution in [1.82, 2.24) is 54.4 Å². The monoisotopic (exact) mass is 867 g/mol. The van der Waals surface area contributed by atoms with Crippen LogP contribution in [0.1, 0.15) is 41.0 Å². The van der Waals surface area contributed by atoms with E-state index in [2.05, 4.69) is 140 Å². The van der Waals surface area contributed by atoms with Gasteiger partial charge in [0.25, 0.3) is 0 Å². The zero-order valence-electron chi connectivity index (χ0n) is 36.7. The van der Waals surface area contributed by atoms with Gasteiger partial charge in [0, 0.05) is 53.5 Å². The number of hydrogen-bond donors (Lipinski definition) is 3. The predicted molar refractivity (Wildman–Crippen MR) is 259 cm³/mol. The summed E-state index contributed by atoms with van der Waals surface area (Å²) in [6, 6.07) is 37.2. The highest BCUT2D eigenvalue weighted by molar-refractivity contribution is 6.29. The number of likely N-dealkylation sites (N-methyl/N-ethyl adjacent to an activating group) is 1. The van der Waals surface area contributed by atoms with Crippen molar-refractivity contribution in [1.29, 1.82) is 0 Å². The largest absolute Gasteiger partial charge is 0.350 e. The predicted octanol–water partition coefficient (Wildman–Crippen LogP) is 10.2. The summed E-state index contributed by atoms with van der Waals surface area (Å²) < 4.78 is 3.63. The van der Waals surface area contributed by atoms with Crippen LogP contribution in [-0.4, -0.2) is 73.8 Å². The summed E-state index contributed by atoms with van der Waals surface area (Å²) in [6.07, 6.45) is 11.3. The van der Waals surface area contributed by atoms with E-state index in [9.17, 15) is 0 Å². The van der Waals surface area contributed by atoms with Crippen molar-refractivity contribution >= 4 is 50.4 Å². The van der Waals surface area contributed by atoms with Gasteiger partial charge in [0.1, 0.15) is 12.7 Å². The highest BCUT2D eigenvalue weighted by Crippen LogP contribution is 2.38. The number of anilines is 1. The maximum Gasteiger partial charge on any atom is 0.211 e. The number of nitrogens with one attached hydrogen (secondary N) is 2. The molecule has 0 spiro atoms. The lowest BCUT2D eigenvalue weighted by atomic mass is 9.98. The highest BCUT2D eigenvalue weighted by atomic mass is 35.5. The van der Waals surface area contributed by atoms with Crippen LogP contribution >= 0.6 is 11.6 Å². The summed E-state index contributed by atoms with van der Waals surface area (Å²) in [4.78, 5) is 18.0. The van der Waals surface area contributed by atoms with Gasteiger partial charge in [-0.15, -0.1) is 20.4 Å². The molecular weight excluding hydrogens is 818 g/mol. The smallest absolute Gasteiger partial charge is 0.211 e. The number of nitrogens with zero attached hydrogens (tertiary/aromatic N) is 10. The standard InChI is InChI=1S/C25H24N6.C20H12ClN5.C5H14N2/c1-4-25(2,3)29-24-28-22(18-11-13-26-14-12-18)21(23-30-27-16-31(23)24)20-10-9-17-7-5-6-8-19(17)15-20;21-20-24-18(14-7-9-22-10-8-14)17(19-25-23-12-26(19)20)16-6-5-13-3-1-2-4-15(13)11-16;1-5(2,6)4-7-3/h5-16H,4H2,1-3H3,(H,28,29);1-12H;7H,4,6H2,1-3H3. The van der Waals surface area contributed by atoms with Crippen LogP contribution in [0.15, 0.2) is 147 Å². The first kappa shape index (κ1) is 43.5. The zero-order chi connectivity index (χ0) is 44.8. The molecule has 0 saturated carbocycles. The van der Waals surface area contributed by atoms with E-state index in [4.69, 9.17) is 22.3 Å². The molecule has 0 saturated heterocycles.